The van der Waals surface area contributed by atoms with Crippen LogP contribution in [0.15, 0.2) is 48.8 Å². The summed E-state index contributed by atoms with van der Waals surface area (Å²) in [6.07, 6.45) is 3.67. The molecular weight excluding hydrogens is 256 g/mol. The number of H-pyrrole nitrogens is 1. The standard InChI is InChI=1S/C14H12N4S/c1-18-9-11(8-15-18)14-16-12(7-13(19)17-14)10-5-3-2-4-6-10/h2-9H,1H3,(H,16,17,19). The number of hydrogen-bond donors (Lipinski definition) is 1. The number of benzene rings is 1. The maximum absolute atomic E-state index is 5.24. The van der Waals surface area contributed by atoms with Gasteiger partial charge in [-0.2, -0.15) is 5.10 Å². The predicted octanol–water partition coefficient (Wildman–Crippen LogP) is 3.21. The molecule has 0 atom stereocenters. The molecule has 0 saturated heterocycles. The van der Waals surface area contributed by atoms with E-state index in [1.807, 2.05) is 49.6 Å². The summed E-state index contributed by atoms with van der Waals surface area (Å²) >= 11 is 5.24. The maximum Gasteiger partial charge on any atom is 0.142 e. The van der Waals surface area contributed by atoms with Crippen LogP contribution in [0.25, 0.3) is 22.6 Å². The molecule has 0 spiro atoms. The molecule has 2 aromatic heterocycles. The molecule has 1 N–H and O–H groups in total. The number of rotatable bonds is 2. The number of nitrogens with one attached hydrogen (secondary N) is 1. The van der Waals surface area contributed by atoms with E-state index in [9.17, 15) is 0 Å². The van der Waals surface area contributed by atoms with Gasteiger partial charge in [-0.3, -0.25) is 4.68 Å². The molecule has 94 valence electrons. The maximum atomic E-state index is 5.24. The Labute approximate surface area is 115 Å². The predicted molar refractivity (Wildman–Crippen MR) is 77.1 cm³/mol. The quantitative estimate of drug-likeness (QED) is 0.726. The van der Waals surface area contributed by atoms with Gasteiger partial charge in [0, 0.05) is 18.9 Å². The van der Waals surface area contributed by atoms with E-state index in [0.717, 1.165) is 22.6 Å². The highest BCUT2D eigenvalue weighted by atomic mass is 32.1. The highest BCUT2D eigenvalue weighted by Gasteiger charge is 2.05. The summed E-state index contributed by atoms with van der Waals surface area (Å²) in [5.41, 5.74) is 2.96. The van der Waals surface area contributed by atoms with Crippen LogP contribution in [0.1, 0.15) is 0 Å². The molecule has 4 nitrogen and oxygen atoms in total. The van der Waals surface area contributed by atoms with Crippen LogP contribution in [-0.2, 0) is 7.05 Å². The first-order valence-electron chi connectivity index (χ1n) is 5.88. The van der Waals surface area contributed by atoms with E-state index in [2.05, 4.69) is 15.1 Å². The van der Waals surface area contributed by atoms with Gasteiger partial charge in [-0.05, 0) is 11.6 Å². The van der Waals surface area contributed by atoms with Gasteiger partial charge in [0.25, 0.3) is 0 Å². The van der Waals surface area contributed by atoms with E-state index in [1.165, 1.54) is 0 Å². The van der Waals surface area contributed by atoms with Crippen molar-refractivity contribution in [3.05, 3.63) is 53.4 Å². The van der Waals surface area contributed by atoms with E-state index in [1.54, 1.807) is 10.9 Å². The molecule has 3 rings (SSSR count). The molecule has 0 aliphatic carbocycles. The second kappa shape index (κ2) is 4.78. The SMILES string of the molecule is Cn1cc(-c2nc(=S)cc(-c3ccccc3)[nH]2)cn1. The summed E-state index contributed by atoms with van der Waals surface area (Å²) < 4.78 is 2.31. The Morgan fingerprint density at radius 3 is 2.63 bits per heavy atom. The Hall–Kier alpha value is -2.27. The Morgan fingerprint density at radius 2 is 1.95 bits per heavy atom. The Morgan fingerprint density at radius 1 is 1.16 bits per heavy atom. The van der Waals surface area contributed by atoms with Gasteiger partial charge in [0.2, 0.25) is 0 Å². The molecule has 0 amide bonds. The third-order valence-electron chi connectivity index (χ3n) is 2.81. The van der Waals surface area contributed by atoms with Crippen LogP contribution >= 0.6 is 12.2 Å². The zero-order valence-corrected chi connectivity index (χ0v) is 11.2. The summed E-state index contributed by atoms with van der Waals surface area (Å²) in [5, 5.41) is 4.15. The van der Waals surface area contributed by atoms with Crippen molar-refractivity contribution >= 4 is 12.2 Å². The average molecular weight is 268 g/mol. The summed E-state index contributed by atoms with van der Waals surface area (Å²) in [6.45, 7) is 0. The lowest BCUT2D eigenvalue weighted by Gasteiger charge is -2.04. The highest BCUT2D eigenvalue weighted by molar-refractivity contribution is 7.71. The van der Waals surface area contributed by atoms with Gasteiger partial charge in [-0.15, -0.1) is 0 Å². The van der Waals surface area contributed by atoms with Crippen molar-refractivity contribution in [3.8, 4) is 22.6 Å². The first-order chi connectivity index (χ1) is 9.22. The molecule has 0 radical (unpaired) electrons. The van der Waals surface area contributed by atoms with Crippen LogP contribution < -0.4 is 0 Å². The Kier molecular flexibility index (Phi) is 2.97. The number of aromatic amines is 1. The minimum atomic E-state index is 0.566. The van der Waals surface area contributed by atoms with Crippen molar-refractivity contribution in [3.63, 3.8) is 0 Å². The van der Waals surface area contributed by atoms with Crippen molar-refractivity contribution in [2.24, 2.45) is 7.05 Å². The van der Waals surface area contributed by atoms with Crippen molar-refractivity contribution in [2.45, 2.75) is 0 Å². The number of aromatic nitrogens is 4. The minimum Gasteiger partial charge on any atom is -0.339 e. The third-order valence-corrected chi connectivity index (χ3v) is 3.02. The summed E-state index contributed by atoms with van der Waals surface area (Å²) in [6, 6.07) is 11.9. The van der Waals surface area contributed by atoms with Gasteiger partial charge in [0.05, 0.1) is 11.8 Å². The zero-order valence-electron chi connectivity index (χ0n) is 10.4. The lowest BCUT2D eigenvalue weighted by Crippen LogP contribution is -1.92. The smallest absolute Gasteiger partial charge is 0.142 e. The molecule has 0 aliphatic heterocycles. The van der Waals surface area contributed by atoms with E-state index in [-0.39, 0.29) is 0 Å². The molecule has 1 aromatic carbocycles. The molecule has 0 unspecified atom stereocenters. The molecule has 0 bridgehead atoms. The largest absolute Gasteiger partial charge is 0.339 e. The molecule has 0 saturated carbocycles. The lowest BCUT2D eigenvalue weighted by atomic mass is 10.1. The van der Waals surface area contributed by atoms with Crippen LogP contribution in [0.3, 0.4) is 0 Å². The number of nitrogens with zero attached hydrogens (tertiary/aromatic N) is 3. The Balaban J connectivity index is 2.14. The summed E-state index contributed by atoms with van der Waals surface area (Å²) in [7, 11) is 1.87. The van der Waals surface area contributed by atoms with Crippen LogP contribution in [0, 0.1) is 4.64 Å². The number of aryl methyl sites for hydroxylation is 1. The fraction of sp³-hybridized carbons (Fsp3) is 0.0714. The van der Waals surface area contributed by atoms with Crippen molar-refractivity contribution < 1.29 is 0 Å². The molecule has 3 aromatic rings. The summed E-state index contributed by atoms with van der Waals surface area (Å²) in [5.74, 6) is 0.736. The molecule has 0 fully saturated rings. The summed E-state index contributed by atoms with van der Waals surface area (Å²) in [4.78, 5) is 7.65. The fourth-order valence-electron chi connectivity index (χ4n) is 1.91. The van der Waals surface area contributed by atoms with Gasteiger partial charge < -0.3 is 4.98 Å². The van der Waals surface area contributed by atoms with Gasteiger partial charge in [-0.25, -0.2) is 4.98 Å². The van der Waals surface area contributed by atoms with Crippen LogP contribution in [0.5, 0.6) is 0 Å². The second-order valence-corrected chi connectivity index (χ2v) is 4.67. The Bertz CT molecular complexity index is 758. The van der Waals surface area contributed by atoms with Crippen molar-refractivity contribution in [2.75, 3.05) is 0 Å². The monoisotopic (exact) mass is 268 g/mol. The molecule has 19 heavy (non-hydrogen) atoms. The van der Waals surface area contributed by atoms with E-state index in [0.29, 0.717) is 4.64 Å². The van der Waals surface area contributed by atoms with Crippen LogP contribution in [0.4, 0.5) is 0 Å². The van der Waals surface area contributed by atoms with Gasteiger partial charge in [0.1, 0.15) is 10.5 Å². The second-order valence-electron chi connectivity index (χ2n) is 4.25. The third kappa shape index (κ3) is 2.46. The molecule has 5 heteroatoms. The molecule has 2 heterocycles. The van der Waals surface area contributed by atoms with E-state index >= 15 is 0 Å². The van der Waals surface area contributed by atoms with E-state index in [4.69, 9.17) is 12.2 Å². The van der Waals surface area contributed by atoms with Gasteiger partial charge >= 0.3 is 0 Å². The molecular formula is C14H12N4S. The number of hydrogen-bond acceptors (Lipinski definition) is 3. The molecule has 0 aliphatic rings. The van der Waals surface area contributed by atoms with Crippen LogP contribution in [-0.4, -0.2) is 19.7 Å². The highest BCUT2D eigenvalue weighted by Crippen LogP contribution is 2.20. The van der Waals surface area contributed by atoms with Gasteiger partial charge in [-0.1, -0.05) is 42.5 Å². The average Bonchev–Trinajstić information content (AvgIpc) is 2.86. The fourth-order valence-corrected chi connectivity index (χ4v) is 2.12. The topological polar surface area (TPSA) is 46.5 Å². The normalized spacial score (nSPS) is 10.6. The van der Waals surface area contributed by atoms with Gasteiger partial charge in [0.15, 0.2) is 0 Å². The van der Waals surface area contributed by atoms with Crippen LogP contribution in [0.2, 0.25) is 0 Å². The van der Waals surface area contributed by atoms with Crippen molar-refractivity contribution in [1.82, 2.24) is 19.7 Å². The first-order valence-corrected chi connectivity index (χ1v) is 6.29. The van der Waals surface area contributed by atoms with Crippen molar-refractivity contribution in [1.29, 1.82) is 0 Å². The lowest BCUT2D eigenvalue weighted by molar-refractivity contribution is 0.768. The minimum absolute atomic E-state index is 0.566. The zero-order chi connectivity index (χ0) is 13.2. The van der Waals surface area contributed by atoms with E-state index < -0.39 is 0 Å². The first kappa shape index (κ1) is 11.8.